The maximum Gasteiger partial charge on any atom is 0.332 e. The Labute approximate surface area is 150 Å². The second-order valence-electron chi connectivity index (χ2n) is 7.17. The smallest absolute Gasteiger partial charge is 0.332 e. The Morgan fingerprint density at radius 1 is 1.35 bits per heavy atom. The molecule has 0 saturated carbocycles. The highest BCUT2D eigenvalue weighted by Crippen LogP contribution is 2.38. The zero-order valence-electron chi connectivity index (χ0n) is 15.0. The molecule has 2 heterocycles. The number of fused-ring (bicyclic) bond motifs is 1. The summed E-state index contributed by atoms with van der Waals surface area (Å²) in [5, 5.41) is 6.91. The van der Waals surface area contributed by atoms with Crippen LogP contribution in [0.4, 0.5) is 4.79 Å². The Balaban J connectivity index is 1.89. The lowest BCUT2D eigenvalue weighted by molar-refractivity contribution is 0.0916. The summed E-state index contributed by atoms with van der Waals surface area (Å²) in [5.41, 5.74) is 9.39. The van der Waals surface area contributed by atoms with Crippen LogP contribution in [0.25, 0.3) is 0 Å². The third-order valence-corrected chi connectivity index (χ3v) is 4.30. The molecule has 26 heavy (non-hydrogen) atoms. The van der Waals surface area contributed by atoms with E-state index < -0.39 is 6.03 Å². The summed E-state index contributed by atoms with van der Waals surface area (Å²) in [6, 6.07) is 2.80. The average Bonchev–Trinajstić information content (AvgIpc) is 3.17. The number of hydrazone groups is 1. The highest BCUT2D eigenvalue weighted by Gasteiger charge is 2.36. The Hall–Kier alpha value is -3.03. The van der Waals surface area contributed by atoms with Crippen molar-refractivity contribution in [3.8, 4) is 0 Å². The number of amides is 3. The van der Waals surface area contributed by atoms with E-state index >= 15 is 0 Å². The molecule has 0 saturated heterocycles. The molecule has 0 aliphatic heterocycles. The van der Waals surface area contributed by atoms with Crippen molar-refractivity contribution in [2.45, 2.75) is 40.2 Å². The van der Waals surface area contributed by atoms with Crippen LogP contribution in [0.3, 0.4) is 0 Å². The van der Waals surface area contributed by atoms with Gasteiger partial charge < -0.3 is 19.9 Å². The summed E-state index contributed by atoms with van der Waals surface area (Å²) in [7, 11) is 0. The van der Waals surface area contributed by atoms with Gasteiger partial charge in [0.2, 0.25) is 0 Å². The quantitative estimate of drug-likeness (QED) is 0.726. The van der Waals surface area contributed by atoms with Crippen molar-refractivity contribution in [3.63, 3.8) is 0 Å². The van der Waals surface area contributed by atoms with Gasteiger partial charge in [-0.3, -0.25) is 4.79 Å². The average molecular weight is 358 g/mol. The van der Waals surface area contributed by atoms with Crippen molar-refractivity contribution in [1.29, 1.82) is 0 Å². The zero-order valence-corrected chi connectivity index (χ0v) is 15.0. The zero-order chi connectivity index (χ0) is 18.9. The van der Waals surface area contributed by atoms with Crippen molar-refractivity contribution in [2.75, 3.05) is 0 Å². The minimum Gasteiger partial charge on any atom is -0.467 e. The molecule has 0 unspecified atom stereocenters. The van der Waals surface area contributed by atoms with Crippen LogP contribution in [-0.2, 0) is 13.0 Å². The molecular formula is C18H22N4O4. The number of nitrogens with two attached hydrogens (primary N) is 1. The standard InChI is InChI=1S/C18H22N4O4/c1-10-14-12(21-22-17(19)24)7-18(2,3)8-13(14)26-15(10)16(23)20-9-11-5-4-6-25-11/h4-6H,7-9H2,1-3H3,(H,20,23)(H3,19,22,24)/b21-12-. The lowest BCUT2D eigenvalue weighted by Gasteiger charge is -2.29. The number of urea groups is 1. The van der Waals surface area contributed by atoms with Crippen molar-refractivity contribution < 1.29 is 18.4 Å². The van der Waals surface area contributed by atoms with Gasteiger partial charge in [0.1, 0.15) is 11.5 Å². The lowest BCUT2D eigenvalue weighted by atomic mass is 9.75. The van der Waals surface area contributed by atoms with Gasteiger partial charge in [0.15, 0.2) is 5.76 Å². The molecule has 1 aliphatic carbocycles. The molecule has 3 rings (SSSR count). The van der Waals surface area contributed by atoms with E-state index in [9.17, 15) is 9.59 Å². The Kier molecular flexibility index (Phi) is 4.58. The van der Waals surface area contributed by atoms with Crippen molar-refractivity contribution >= 4 is 17.6 Å². The second-order valence-corrected chi connectivity index (χ2v) is 7.17. The summed E-state index contributed by atoms with van der Waals surface area (Å²) in [6.45, 7) is 6.23. The molecule has 0 spiro atoms. The summed E-state index contributed by atoms with van der Waals surface area (Å²) < 4.78 is 11.1. The molecule has 3 amide bonds. The largest absolute Gasteiger partial charge is 0.467 e. The van der Waals surface area contributed by atoms with Gasteiger partial charge in [-0.05, 0) is 30.9 Å². The first-order valence-corrected chi connectivity index (χ1v) is 8.32. The van der Waals surface area contributed by atoms with Crippen LogP contribution in [0.2, 0.25) is 0 Å². The molecule has 2 aromatic rings. The van der Waals surface area contributed by atoms with Crippen LogP contribution in [-0.4, -0.2) is 17.6 Å². The van der Waals surface area contributed by atoms with Crippen LogP contribution >= 0.6 is 0 Å². The molecule has 0 aromatic carbocycles. The van der Waals surface area contributed by atoms with E-state index in [0.29, 0.717) is 35.6 Å². The van der Waals surface area contributed by atoms with Gasteiger partial charge in [0.05, 0.1) is 18.5 Å². The third-order valence-electron chi connectivity index (χ3n) is 4.30. The maximum absolute atomic E-state index is 12.5. The second kappa shape index (κ2) is 6.70. The maximum atomic E-state index is 12.5. The minimum atomic E-state index is -0.736. The van der Waals surface area contributed by atoms with E-state index in [0.717, 1.165) is 5.56 Å². The van der Waals surface area contributed by atoms with Crippen LogP contribution < -0.4 is 16.5 Å². The number of rotatable bonds is 4. The molecule has 0 bridgehead atoms. The number of primary amides is 1. The van der Waals surface area contributed by atoms with E-state index in [1.807, 2.05) is 6.92 Å². The van der Waals surface area contributed by atoms with Gasteiger partial charge in [0, 0.05) is 17.5 Å². The molecule has 0 fully saturated rings. The highest BCUT2D eigenvalue weighted by atomic mass is 16.4. The molecule has 4 N–H and O–H groups in total. The third kappa shape index (κ3) is 3.63. The van der Waals surface area contributed by atoms with Crippen molar-refractivity contribution in [2.24, 2.45) is 16.3 Å². The number of carbonyl (C=O) groups is 2. The fourth-order valence-electron chi connectivity index (χ4n) is 3.21. The normalized spacial score (nSPS) is 17.0. The molecule has 2 aromatic heterocycles. The summed E-state index contributed by atoms with van der Waals surface area (Å²) in [6.07, 6.45) is 2.85. The summed E-state index contributed by atoms with van der Waals surface area (Å²) in [5.74, 6) is 1.26. The van der Waals surface area contributed by atoms with Crippen LogP contribution in [0.15, 0.2) is 32.3 Å². The Morgan fingerprint density at radius 3 is 2.77 bits per heavy atom. The van der Waals surface area contributed by atoms with Gasteiger partial charge in [0.25, 0.3) is 5.91 Å². The number of carbonyl (C=O) groups excluding carboxylic acids is 2. The highest BCUT2D eigenvalue weighted by molar-refractivity contribution is 6.07. The molecule has 138 valence electrons. The van der Waals surface area contributed by atoms with Crippen LogP contribution in [0.5, 0.6) is 0 Å². The van der Waals surface area contributed by atoms with Gasteiger partial charge in [-0.25, -0.2) is 10.2 Å². The SMILES string of the molecule is Cc1c(C(=O)NCc2ccco2)oc2c1/C(=N\NC(N)=O)CC(C)(C)C2. The molecule has 8 heteroatoms. The Bertz CT molecular complexity index is 862. The van der Waals surface area contributed by atoms with E-state index in [1.165, 1.54) is 0 Å². The predicted molar refractivity (Wildman–Crippen MR) is 94.7 cm³/mol. The van der Waals surface area contributed by atoms with E-state index in [4.69, 9.17) is 14.6 Å². The first-order valence-electron chi connectivity index (χ1n) is 8.32. The monoisotopic (exact) mass is 358 g/mol. The fourth-order valence-corrected chi connectivity index (χ4v) is 3.21. The van der Waals surface area contributed by atoms with Crippen LogP contribution in [0.1, 0.15) is 53.5 Å². The molecule has 8 nitrogen and oxygen atoms in total. The van der Waals surface area contributed by atoms with Crippen molar-refractivity contribution in [3.05, 3.63) is 46.8 Å². The van der Waals surface area contributed by atoms with E-state index in [1.54, 1.807) is 18.4 Å². The van der Waals surface area contributed by atoms with E-state index in [2.05, 4.69) is 29.7 Å². The molecule has 0 atom stereocenters. The van der Waals surface area contributed by atoms with Crippen molar-refractivity contribution in [1.82, 2.24) is 10.7 Å². The minimum absolute atomic E-state index is 0.114. The molecule has 0 radical (unpaired) electrons. The fraction of sp³-hybridized carbons (Fsp3) is 0.389. The number of nitrogens with one attached hydrogen (secondary N) is 2. The van der Waals surface area contributed by atoms with Crippen LogP contribution in [0, 0.1) is 12.3 Å². The van der Waals surface area contributed by atoms with Gasteiger partial charge in [-0.1, -0.05) is 13.8 Å². The molecule has 1 aliphatic rings. The first-order chi connectivity index (χ1) is 12.3. The van der Waals surface area contributed by atoms with Gasteiger partial charge in [-0.15, -0.1) is 0 Å². The number of furan rings is 2. The topological polar surface area (TPSA) is 123 Å². The summed E-state index contributed by atoms with van der Waals surface area (Å²) in [4.78, 5) is 23.6. The van der Waals surface area contributed by atoms with E-state index in [-0.39, 0.29) is 23.6 Å². The number of nitrogens with zero attached hydrogens (tertiary/aromatic N) is 1. The Morgan fingerprint density at radius 2 is 2.12 bits per heavy atom. The number of hydrogen-bond donors (Lipinski definition) is 3. The summed E-state index contributed by atoms with van der Waals surface area (Å²) >= 11 is 0. The molecular weight excluding hydrogens is 336 g/mol. The predicted octanol–water partition coefficient (Wildman–Crippen LogP) is 2.46. The first kappa shape index (κ1) is 17.8. The lowest BCUT2D eigenvalue weighted by Crippen LogP contribution is -2.31. The number of hydrogen-bond acceptors (Lipinski definition) is 5. The van der Waals surface area contributed by atoms with Gasteiger partial charge in [-0.2, -0.15) is 5.10 Å². The van der Waals surface area contributed by atoms with Gasteiger partial charge >= 0.3 is 6.03 Å².